The van der Waals surface area contributed by atoms with Crippen LogP contribution in [0.2, 0.25) is 0 Å². The smallest absolute Gasteiger partial charge is 0.308 e. The van der Waals surface area contributed by atoms with Gasteiger partial charge in [0.2, 0.25) is 0 Å². The highest BCUT2D eigenvalue weighted by atomic mass is 32.1. The van der Waals surface area contributed by atoms with Crippen molar-refractivity contribution in [1.29, 1.82) is 0 Å². The van der Waals surface area contributed by atoms with E-state index in [1.54, 1.807) is 0 Å². The van der Waals surface area contributed by atoms with Gasteiger partial charge in [-0.05, 0) is 26.0 Å². The van der Waals surface area contributed by atoms with Crippen molar-refractivity contribution in [3.8, 4) is 27.6 Å². The van der Waals surface area contributed by atoms with Crippen molar-refractivity contribution in [3.05, 3.63) is 59.0 Å². The van der Waals surface area contributed by atoms with Crippen LogP contribution in [0.1, 0.15) is 17.4 Å². The number of aromatic nitrogens is 1. The van der Waals surface area contributed by atoms with Crippen molar-refractivity contribution < 1.29 is 14.6 Å². The highest BCUT2D eigenvalue weighted by Crippen LogP contribution is 2.35. The lowest BCUT2D eigenvalue weighted by Crippen LogP contribution is -1.99. The van der Waals surface area contributed by atoms with Crippen LogP contribution < -0.4 is 4.74 Å². The van der Waals surface area contributed by atoms with E-state index in [4.69, 9.17) is 9.72 Å². The molecule has 25 heavy (non-hydrogen) atoms. The molecule has 0 fully saturated rings. The molecule has 0 aliphatic rings. The summed E-state index contributed by atoms with van der Waals surface area (Å²) < 4.78 is 5.55. The van der Waals surface area contributed by atoms with Gasteiger partial charge in [-0.2, -0.15) is 0 Å². The van der Waals surface area contributed by atoms with Gasteiger partial charge >= 0.3 is 5.97 Å². The zero-order chi connectivity index (χ0) is 17.8. The van der Waals surface area contributed by atoms with Crippen LogP contribution in [0.3, 0.4) is 0 Å². The number of carbonyl (C=O) groups is 1. The first-order valence-corrected chi connectivity index (χ1v) is 8.90. The number of ether oxygens (including phenoxy) is 1. The van der Waals surface area contributed by atoms with E-state index in [9.17, 15) is 9.90 Å². The maximum atomic E-state index is 11.3. The molecule has 0 spiro atoms. The van der Waals surface area contributed by atoms with Crippen LogP contribution in [0.25, 0.3) is 21.8 Å². The van der Waals surface area contributed by atoms with E-state index in [0.29, 0.717) is 6.61 Å². The molecule has 3 rings (SSSR count). The maximum absolute atomic E-state index is 11.3. The topological polar surface area (TPSA) is 59.4 Å². The number of carboxylic acids is 1. The molecule has 1 N–H and O–H groups in total. The first-order chi connectivity index (χ1) is 12.1. The van der Waals surface area contributed by atoms with Gasteiger partial charge < -0.3 is 9.84 Å². The molecule has 0 unspecified atom stereocenters. The Morgan fingerprint density at radius 1 is 1.16 bits per heavy atom. The van der Waals surface area contributed by atoms with Gasteiger partial charge in [0.1, 0.15) is 10.8 Å². The molecule has 4 nitrogen and oxygen atoms in total. The van der Waals surface area contributed by atoms with Crippen LogP contribution >= 0.6 is 11.3 Å². The van der Waals surface area contributed by atoms with E-state index in [1.165, 1.54) is 11.3 Å². The summed E-state index contributed by atoms with van der Waals surface area (Å²) in [6.45, 7) is 4.56. The molecule has 128 valence electrons. The molecule has 5 heteroatoms. The fraction of sp³-hybridized carbons (Fsp3) is 0.200. The Bertz CT molecular complexity index is 884. The number of thiazole rings is 1. The molecule has 1 aromatic heterocycles. The number of nitrogens with zero attached hydrogens (tertiary/aromatic N) is 1. The summed E-state index contributed by atoms with van der Waals surface area (Å²) in [6, 6.07) is 15.7. The van der Waals surface area contributed by atoms with E-state index < -0.39 is 5.97 Å². The molecular formula is C20H19NO3S. The van der Waals surface area contributed by atoms with Crippen LogP contribution in [0.5, 0.6) is 5.75 Å². The zero-order valence-corrected chi connectivity index (χ0v) is 15.0. The average Bonchev–Trinajstić information content (AvgIpc) is 2.99. The summed E-state index contributed by atoms with van der Waals surface area (Å²) in [5, 5.41) is 10.0. The van der Waals surface area contributed by atoms with Crippen LogP contribution in [-0.4, -0.2) is 22.7 Å². The lowest BCUT2D eigenvalue weighted by molar-refractivity contribution is -0.136. The predicted molar refractivity (Wildman–Crippen MR) is 100 cm³/mol. The summed E-state index contributed by atoms with van der Waals surface area (Å²) >= 11 is 1.42. The van der Waals surface area contributed by atoms with Gasteiger partial charge in [0.25, 0.3) is 0 Å². The van der Waals surface area contributed by atoms with Crippen LogP contribution in [0, 0.1) is 6.92 Å². The summed E-state index contributed by atoms with van der Waals surface area (Å²) in [7, 11) is 0. The van der Waals surface area contributed by atoms with Crippen molar-refractivity contribution in [1.82, 2.24) is 4.98 Å². The van der Waals surface area contributed by atoms with Crippen molar-refractivity contribution in [2.45, 2.75) is 20.3 Å². The standard InChI is InChI=1S/C20H19NO3S/c1-3-24-16-6-4-5-15(11-16)20-21-19(17(25-20)12-18(22)23)14-9-7-13(2)8-10-14/h4-11H,3,12H2,1-2H3,(H,22,23). The molecule has 0 amide bonds. The second-order valence-corrected chi connectivity index (χ2v) is 6.77. The monoisotopic (exact) mass is 353 g/mol. The van der Waals surface area contributed by atoms with Crippen molar-refractivity contribution in [2.75, 3.05) is 6.61 Å². The Hall–Kier alpha value is -2.66. The van der Waals surface area contributed by atoms with E-state index in [0.717, 1.165) is 38.0 Å². The molecule has 3 aromatic rings. The third-order valence-electron chi connectivity index (χ3n) is 3.73. The highest BCUT2D eigenvalue weighted by Gasteiger charge is 2.17. The normalized spacial score (nSPS) is 10.6. The van der Waals surface area contributed by atoms with Gasteiger partial charge in [0.05, 0.1) is 18.7 Å². The van der Waals surface area contributed by atoms with E-state index in [-0.39, 0.29) is 6.42 Å². The number of aliphatic carboxylic acids is 1. The van der Waals surface area contributed by atoms with Gasteiger partial charge in [0, 0.05) is 16.0 Å². The second-order valence-electron chi connectivity index (χ2n) is 5.69. The fourth-order valence-corrected chi connectivity index (χ4v) is 3.63. The summed E-state index contributed by atoms with van der Waals surface area (Å²) in [5.74, 6) is -0.0708. The second kappa shape index (κ2) is 7.49. The number of carboxylic acid groups (broad SMARTS) is 1. The minimum absolute atomic E-state index is 0.0357. The van der Waals surface area contributed by atoms with E-state index >= 15 is 0 Å². The quantitative estimate of drug-likeness (QED) is 0.691. The molecule has 0 atom stereocenters. The Labute approximate surface area is 150 Å². The fourth-order valence-electron chi connectivity index (χ4n) is 2.55. The van der Waals surface area contributed by atoms with Crippen LogP contribution in [0.4, 0.5) is 0 Å². The van der Waals surface area contributed by atoms with Gasteiger partial charge in [0.15, 0.2) is 0 Å². The van der Waals surface area contributed by atoms with Crippen molar-refractivity contribution >= 4 is 17.3 Å². The Morgan fingerprint density at radius 2 is 1.92 bits per heavy atom. The Morgan fingerprint density at radius 3 is 2.60 bits per heavy atom. The molecule has 0 saturated heterocycles. The van der Waals surface area contributed by atoms with E-state index in [2.05, 4.69) is 0 Å². The number of hydrogen-bond acceptors (Lipinski definition) is 4. The Balaban J connectivity index is 2.05. The SMILES string of the molecule is CCOc1cccc(-c2nc(-c3ccc(C)cc3)c(CC(=O)O)s2)c1. The lowest BCUT2D eigenvalue weighted by atomic mass is 10.1. The van der Waals surface area contributed by atoms with E-state index in [1.807, 2.05) is 62.4 Å². The average molecular weight is 353 g/mol. The number of aryl methyl sites for hydroxylation is 1. The first kappa shape index (κ1) is 17.2. The van der Waals surface area contributed by atoms with Gasteiger partial charge in [-0.25, -0.2) is 4.98 Å². The molecule has 0 saturated carbocycles. The van der Waals surface area contributed by atoms with Gasteiger partial charge in [-0.15, -0.1) is 11.3 Å². The summed E-state index contributed by atoms with van der Waals surface area (Å²) in [6.07, 6.45) is -0.0357. The third kappa shape index (κ3) is 4.06. The minimum Gasteiger partial charge on any atom is -0.494 e. The largest absolute Gasteiger partial charge is 0.494 e. The molecule has 1 heterocycles. The lowest BCUT2D eigenvalue weighted by Gasteiger charge is -2.04. The molecular weight excluding hydrogens is 334 g/mol. The maximum Gasteiger partial charge on any atom is 0.308 e. The van der Waals surface area contributed by atoms with Crippen LogP contribution in [-0.2, 0) is 11.2 Å². The summed E-state index contributed by atoms with van der Waals surface area (Å²) in [5.41, 5.74) is 3.76. The number of benzene rings is 2. The zero-order valence-electron chi connectivity index (χ0n) is 14.2. The molecule has 0 aliphatic carbocycles. The first-order valence-electron chi connectivity index (χ1n) is 8.08. The summed E-state index contributed by atoms with van der Waals surface area (Å²) in [4.78, 5) is 16.7. The molecule has 0 aliphatic heterocycles. The van der Waals surface area contributed by atoms with Crippen LogP contribution in [0.15, 0.2) is 48.5 Å². The minimum atomic E-state index is -0.855. The molecule has 0 radical (unpaired) electrons. The number of rotatable bonds is 6. The Kier molecular flexibility index (Phi) is 5.14. The van der Waals surface area contributed by atoms with Crippen molar-refractivity contribution in [3.63, 3.8) is 0 Å². The molecule has 2 aromatic carbocycles. The number of hydrogen-bond donors (Lipinski definition) is 1. The van der Waals surface area contributed by atoms with Gasteiger partial charge in [-0.1, -0.05) is 42.0 Å². The predicted octanol–water partition coefficient (Wildman–Crippen LogP) is 4.81. The third-order valence-corrected chi connectivity index (χ3v) is 4.83. The van der Waals surface area contributed by atoms with Crippen molar-refractivity contribution in [2.24, 2.45) is 0 Å². The molecule has 0 bridgehead atoms. The van der Waals surface area contributed by atoms with Gasteiger partial charge in [-0.3, -0.25) is 4.79 Å². The highest BCUT2D eigenvalue weighted by molar-refractivity contribution is 7.15.